The van der Waals surface area contributed by atoms with Crippen LogP contribution in [0.25, 0.3) is 5.57 Å². The number of fused-ring (bicyclic) bond motifs is 1. The second-order valence-corrected chi connectivity index (χ2v) is 3.06. The van der Waals surface area contributed by atoms with Gasteiger partial charge >= 0.3 is 0 Å². The van der Waals surface area contributed by atoms with Crippen LogP contribution < -0.4 is 0 Å². The summed E-state index contributed by atoms with van der Waals surface area (Å²) < 4.78 is 5.43. The summed E-state index contributed by atoms with van der Waals surface area (Å²) in [6.07, 6.45) is 0.955. The fourth-order valence-electron chi connectivity index (χ4n) is 1.50. The third-order valence-corrected chi connectivity index (χ3v) is 2.20. The molecule has 1 aromatic carbocycles. The van der Waals surface area contributed by atoms with Crippen molar-refractivity contribution < 1.29 is 4.74 Å². The van der Waals surface area contributed by atoms with Gasteiger partial charge in [-0.3, -0.25) is 0 Å². The van der Waals surface area contributed by atoms with Crippen molar-refractivity contribution in [2.45, 2.75) is 13.0 Å². The van der Waals surface area contributed by atoms with Gasteiger partial charge in [-0.2, -0.15) is 0 Å². The largest absolute Gasteiger partial charge is 0.376 e. The highest BCUT2D eigenvalue weighted by atomic mass is 16.5. The van der Waals surface area contributed by atoms with Gasteiger partial charge in [-0.1, -0.05) is 30.8 Å². The lowest BCUT2D eigenvalue weighted by Gasteiger charge is -2.04. The lowest BCUT2D eigenvalue weighted by Crippen LogP contribution is -1.90. The molecule has 0 saturated carbocycles. The van der Waals surface area contributed by atoms with Crippen LogP contribution in [0.2, 0.25) is 0 Å². The zero-order valence-electron chi connectivity index (χ0n) is 7.05. The van der Waals surface area contributed by atoms with E-state index >= 15 is 0 Å². The molecule has 0 amide bonds. The maximum atomic E-state index is 5.43. The fourth-order valence-corrected chi connectivity index (χ4v) is 1.50. The Morgan fingerprint density at radius 1 is 1.25 bits per heavy atom. The molecule has 1 aromatic rings. The Morgan fingerprint density at radius 2 is 2.08 bits per heavy atom. The molecule has 0 spiro atoms. The molecule has 0 saturated heterocycles. The van der Waals surface area contributed by atoms with E-state index in [1.54, 1.807) is 0 Å². The lowest BCUT2D eigenvalue weighted by molar-refractivity contribution is 0.130. The molecule has 1 nitrogen and oxygen atoms in total. The van der Waals surface area contributed by atoms with Gasteiger partial charge in [0.2, 0.25) is 0 Å². The van der Waals surface area contributed by atoms with Crippen molar-refractivity contribution in [2.75, 3.05) is 6.61 Å². The van der Waals surface area contributed by atoms with Gasteiger partial charge in [0.05, 0.1) is 13.2 Å². The first-order valence-corrected chi connectivity index (χ1v) is 4.22. The molecular weight excluding hydrogens is 148 g/mol. The molecule has 0 radical (unpaired) electrons. The zero-order chi connectivity index (χ0) is 8.39. The molecule has 0 aromatic heterocycles. The summed E-state index contributed by atoms with van der Waals surface area (Å²) in [6.45, 7) is 5.57. The second-order valence-electron chi connectivity index (χ2n) is 3.06. The number of hydrogen-bond donors (Lipinski definition) is 0. The average molecular weight is 160 g/mol. The Morgan fingerprint density at radius 3 is 3.00 bits per heavy atom. The Kier molecular flexibility index (Phi) is 1.96. The Balaban J connectivity index is 2.46. The van der Waals surface area contributed by atoms with Gasteiger partial charge in [-0.15, -0.1) is 0 Å². The second kappa shape index (κ2) is 3.11. The van der Waals surface area contributed by atoms with E-state index in [4.69, 9.17) is 4.74 Å². The highest BCUT2D eigenvalue weighted by Gasteiger charge is 2.09. The molecular formula is C11H12O. The SMILES string of the molecule is C=C1CCOCc2ccccc21. The van der Waals surface area contributed by atoms with E-state index < -0.39 is 0 Å². The minimum absolute atomic E-state index is 0.731. The summed E-state index contributed by atoms with van der Waals surface area (Å²) in [7, 11) is 0. The fraction of sp³-hybridized carbons (Fsp3) is 0.273. The first-order valence-electron chi connectivity index (χ1n) is 4.22. The smallest absolute Gasteiger partial charge is 0.0722 e. The summed E-state index contributed by atoms with van der Waals surface area (Å²) in [5, 5.41) is 0. The summed E-state index contributed by atoms with van der Waals surface area (Å²) in [4.78, 5) is 0. The van der Waals surface area contributed by atoms with Crippen LogP contribution in [-0.2, 0) is 11.3 Å². The number of hydrogen-bond acceptors (Lipinski definition) is 1. The molecule has 0 aliphatic carbocycles. The zero-order valence-corrected chi connectivity index (χ0v) is 7.05. The van der Waals surface area contributed by atoms with Gasteiger partial charge in [-0.05, 0) is 23.1 Å². The molecule has 0 atom stereocenters. The normalized spacial score (nSPS) is 16.8. The molecule has 1 heteroatoms. The minimum Gasteiger partial charge on any atom is -0.376 e. The average Bonchev–Trinajstić information content (AvgIpc) is 2.29. The van der Waals surface area contributed by atoms with Crippen LogP contribution in [0.3, 0.4) is 0 Å². The van der Waals surface area contributed by atoms with Gasteiger partial charge in [0, 0.05) is 0 Å². The van der Waals surface area contributed by atoms with Gasteiger partial charge in [0.25, 0.3) is 0 Å². The number of benzene rings is 1. The third kappa shape index (κ3) is 1.28. The molecule has 1 heterocycles. The van der Waals surface area contributed by atoms with E-state index in [9.17, 15) is 0 Å². The maximum absolute atomic E-state index is 5.43. The lowest BCUT2D eigenvalue weighted by atomic mass is 10.0. The van der Waals surface area contributed by atoms with Gasteiger partial charge in [0.15, 0.2) is 0 Å². The van der Waals surface area contributed by atoms with Crippen LogP contribution in [0.5, 0.6) is 0 Å². The molecule has 0 bridgehead atoms. The van der Waals surface area contributed by atoms with Crippen molar-refractivity contribution in [3.8, 4) is 0 Å². The van der Waals surface area contributed by atoms with Crippen molar-refractivity contribution in [3.05, 3.63) is 42.0 Å². The molecule has 1 aliphatic heterocycles. The van der Waals surface area contributed by atoms with Crippen molar-refractivity contribution in [1.82, 2.24) is 0 Å². The summed E-state index contributed by atoms with van der Waals surface area (Å²) in [5.41, 5.74) is 3.73. The first-order chi connectivity index (χ1) is 5.88. The van der Waals surface area contributed by atoms with Crippen LogP contribution in [0.4, 0.5) is 0 Å². The molecule has 12 heavy (non-hydrogen) atoms. The number of rotatable bonds is 0. The van der Waals surface area contributed by atoms with E-state index in [-0.39, 0.29) is 0 Å². The van der Waals surface area contributed by atoms with Gasteiger partial charge < -0.3 is 4.74 Å². The van der Waals surface area contributed by atoms with E-state index in [2.05, 4.69) is 24.8 Å². The van der Waals surface area contributed by atoms with Crippen LogP contribution in [-0.4, -0.2) is 6.61 Å². The maximum Gasteiger partial charge on any atom is 0.0722 e. The van der Waals surface area contributed by atoms with Crippen LogP contribution >= 0.6 is 0 Å². The molecule has 2 rings (SSSR count). The van der Waals surface area contributed by atoms with Crippen LogP contribution in [0.1, 0.15) is 17.5 Å². The first kappa shape index (κ1) is 7.56. The third-order valence-electron chi connectivity index (χ3n) is 2.20. The topological polar surface area (TPSA) is 9.23 Å². The Bertz CT molecular complexity index is 302. The van der Waals surface area contributed by atoms with Crippen LogP contribution in [0.15, 0.2) is 30.8 Å². The summed E-state index contributed by atoms with van der Waals surface area (Å²) >= 11 is 0. The van der Waals surface area contributed by atoms with Gasteiger partial charge in [-0.25, -0.2) is 0 Å². The van der Waals surface area contributed by atoms with E-state index in [1.807, 2.05) is 6.07 Å². The summed E-state index contributed by atoms with van der Waals surface area (Å²) in [6, 6.07) is 8.31. The van der Waals surface area contributed by atoms with Gasteiger partial charge in [0.1, 0.15) is 0 Å². The highest BCUT2D eigenvalue weighted by molar-refractivity contribution is 5.66. The van der Waals surface area contributed by atoms with Crippen molar-refractivity contribution in [3.63, 3.8) is 0 Å². The number of ether oxygens (including phenoxy) is 1. The molecule has 0 unspecified atom stereocenters. The van der Waals surface area contributed by atoms with E-state index in [1.165, 1.54) is 16.7 Å². The molecule has 0 fully saturated rings. The Hall–Kier alpha value is -1.08. The quantitative estimate of drug-likeness (QED) is 0.567. The van der Waals surface area contributed by atoms with E-state index in [0.717, 1.165) is 19.6 Å². The summed E-state index contributed by atoms with van der Waals surface area (Å²) in [5.74, 6) is 0. The predicted molar refractivity (Wildman–Crippen MR) is 49.7 cm³/mol. The standard InChI is InChI=1S/C11H12O/c1-9-6-7-12-8-10-4-2-3-5-11(9)10/h2-5H,1,6-8H2. The predicted octanol–water partition coefficient (Wildman–Crippen LogP) is 2.62. The monoisotopic (exact) mass is 160 g/mol. The molecule has 62 valence electrons. The van der Waals surface area contributed by atoms with Crippen molar-refractivity contribution in [1.29, 1.82) is 0 Å². The van der Waals surface area contributed by atoms with Crippen molar-refractivity contribution >= 4 is 5.57 Å². The minimum atomic E-state index is 0.731. The highest BCUT2D eigenvalue weighted by Crippen LogP contribution is 2.24. The van der Waals surface area contributed by atoms with Crippen LogP contribution in [0, 0.1) is 0 Å². The Labute approximate surface area is 72.7 Å². The van der Waals surface area contributed by atoms with Crippen molar-refractivity contribution in [2.24, 2.45) is 0 Å². The molecule has 0 N–H and O–H groups in total. The van der Waals surface area contributed by atoms with E-state index in [0.29, 0.717) is 0 Å². The molecule has 1 aliphatic rings.